The van der Waals surface area contributed by atoms with Gasteiger partial charge in [-0.15, -0.1) is 22.7 Å². The second-order valence-corrected chi connectivity index (χ2v) is 11.0. The monoisotopic (exact) mass is 457 g/mol. The molecule has 1 saturated heterocycles. The molecule has 0 spiro atoms. The van der Waals surface area contributed by atoms with Crippen molar-refractivity contribution in [3.63, 3.8) is 0 Å². The van der Waals surface area contributed by atoms with Crippen molar-refractivity contribution >= 4 is 22.7 Å². The maximum Gasteiger partial charge on any atom is 0.110 e. The molecule has 6 rings (SSSR count). The van der Waals surface area contributed by atoms with E-state index in [-0.39, 0.29) is 0 Å². The number of rotatable bonds is 5. The number of hydrogen-bond acceptors (Lipinski definition) is 5. The molecule has 0 amide bonds. The van der Waals surface area contributed by atoms with Gasteiger partial charge in [0.15, 0.2) is 0 Å². The molecule has 0 radical (unpaired) electrons. The van der Waals surface area contributed by atoms with Crippen molar-refractivity contribution in [2.75, 3.05) is 6.54 Å². The molecule has 0 bridgehead atoms. The average Bonchev–Trinajstić information content (AvgIpc) is 3.66. The Morgan fingerprint density at radius 3 is 1.72 bits per heavy atom. The minimum atomic E-state index is 0.444. The summed E-state index contributed by atoms with van der Waals surface area (Å²) in [7, 11) is 0. The third-order valence-electron chi connectivity index (χ3n) is 6.78. The molecule has 32 heavy (non-hydrogen) atoms. The third kappa shape index (κ3) is 4.05. The van der Waals surface area contributed by atoms with Crippen LogP contribution in [0.25, 0.3) is 32.0 Å². The van der Waals surface area contributed by atoms with Gasteiger partial charge in [0.05, 0.1) is 20.8 Å². The van der Waals surface area contributed by atoms with Gasteiger partial charge in [-0.05, 0) is 54.5 Å². The minimum Gasteiger partial charge on any atom is -0.308 e. The SMILES string of the molecule is c1cc(-c2cnc(C3CCCC3)s2)ccc1-c1ccc(-c2cnc([C@@H]3CCCN3)s2)cc1. The van der Waals surface area contributed by atoms with Crippen molar-refractivity contribution in [1.29, 1.82) is 0 Å². The van der Waals surface area contributed by atoms with Gasteiger partial charge in [0.2, 0.25) is 0 Å². The summed E-state index contributed by atoms with van der Waals surface area (Å²) in [4.78, 5) is 11.9. The van der Waals surface area contributed by atoms with Gasteiger partial charge in [-0.3, -0.25) is 0 Å². The summed E-state index contributed by atoms with van der Waals surface area (Å²) < 4.78 is 0. The second kappa shape index (κ2) is 8.89. The van der Waals surface area contributed by atoms with Crippen molar-refractivity contribution in [2.24, 2.45) is 0 Å². The van der Waals surface area contributed by atoms with Crippen LogP contribution in [0.15, 0.2) is 60.9 Å². The van der Waals surface area contributed by atoms with Crippen molar-refractivity contribution in [2.45, 2.75) is 50.5 Å². The van der Waals surface area contributed by atoms with E-state index in [2.05, 4.69) is 65.0 Å². The zero-order chi connectivity index (χ0) is 21.3. The molecule has 4 aromatic rings. The quantitative estimate of drug-likeness (QED) is 0.334. The maximum atomic E-state index is 4.73. The summed E-state index contributed by atoms with van der Waals surface area (Å²) in [6.45, 7) is 1.11. The Kier molecular flexibility index (Phi) is 5.63. The minimum absolute atomic E-state index is 0.444. The smallest absolute Gasteiger partial charge is 0.110 e. The molecule has 1 aliphatic heterocycles. The molecule has 5 heteroatoms. The molecule has 2 aromatic heterocycles. The van der Waals surface area contributed by atoms with Crippen LogP contribution >= 0.6 is 22.7 Å². The van der Waals surface area contributed by atoms with E-state index in [0.717, 1.165) is 6.54 Å². The summed E-state index contributed by atoms with van der Waals surface area (Å²) in [5.74, 6) is 0.690. The Hall–Kier alpha value is -2.34. The molecule has 1 saturated carbocycles. The molecule has 1 aliphatic carbocycles. The Bertz CT molecular complexity index is 1080. The first-order valence-corrected chi connectivity index (χ1v) is 13.3. The van der Waals surface area contributed by atoms with Gasteiger partial charge < -0.3 is 5.32 Å². The summed E-state index contributed by atoms with van der Waals surface area (Å²) >= 11 is 3.69. The Morgan fingerprint density at radius 2 is 1.16 bits per heavy atom. The summed E-state index contributed by atoms with van der Waals surface area (Å²) in [6, 6.07) is 18.3. The van der Waals surface area contributed by atoms with Crippen LogP contribution < -0.4 is 5.32 Å². The first-order valence-electron chi connectivity index (χ1n) is 11.7. The fraction of sp³-hybridized carbons (Fsp3) is 0.333. The van der Waals surface area contributed by atoms with Crippen LogP contribution in [0, 0.1) is 0 Å². The van der Waals surface area contributed by atoms with Gasteiger partial charge >= 0.3 is 0 Å². The summed E-state index contributed by atoms with van der Waals surface area (Å²) in [5.41, 5.74) is 5.01. The molecule has 3 heterocycles. The standard InChI is InChI=1S/C27H27N3S2/c1-2-5-22(4-1)26-29-16-24(31-26)20-11-7-18(8-12-20)19-9-13-21(14-10-19)25-17-30-27(32-25)23-6-3-15-28-23/h7-14,16-17,22-23,28H,1-6,15H2/t23-/m0/s1. The van der Waals surface area contributed by atoms with Crippen LogP contribution in [0.3, 0.4) is 0 Å². The highest BCUT2D eigenvalue weighted by atomic mass is 32.1. The number of nitrogens with one attached hydrogen (secondary N) is 1. The van der Waals surface area contributed by atoms with Crippen LogP contribution in [0.4, 0.5) is 0 Å². The summed E-state index contributed by atoms with van der Waals surface area (Å²) in [6.07, 6.45) is 11.9. The highest BCUT2D eigenvalue weighted by Gasteiger charge is 2.21. The Balaban J connectivity index is 1.17. The van der Waals surface area contributed by atoms with E-state index >= 15 is 0 Å². The van der Waals surface area contributed by atoms with E-state index in [1.807, 2.05) is 28.9 Å². The topological polar surface area (TPSA) is 37.8 Å². The van der Waals surface area contributed by atoms with Gasteiger partial charge in [-0.1, -0.05) is 61.4 Å². The van der Waals surface area contributed by atoms with Gasteiger partial charge in [0, 0.05) is 18.3 Å². The van der Waals surface area contributed by atoms with Crippen LogP contribution in [-0.2, 0) is 0 Å². The van der Waals surface area contributed by atoms with E-state index in [4.69, 9.17) is 4.98 Å². The first kappa shape index (κ1) is 20.3. The van der Waals surface area contributed by atoms with Crippen LogP contribution in [0.1, 0.15) is 60.5 Å². The summed E-state index contributed by atoms with van der Waals surface area (Å²) in [5, 5.41) is 6.09. The molecule has 3 nitrogen and oxygen atoms in total. The fourth-order valence-electron chi connectivity index (χ4n) is 4.91. The van der Waals surface area contributed by atoms with Crippen molar-refractivity contribution in [3.05, 3.63) is 70.9 Å². The average molecular weight is 458 g/mol. The van der Waals surface area contributed by atoms with E-state index in [1.54, 1.807) is 0 Å². The number of aromatic nitrogens is 2. The molecule has 1 atom stereocenters. The van der Waals surface area contributed by atoms with Crippen molar-refractivity contribution in [1.82, 2.24) is 15.3 Å². The molecule has 1 N–H and O–H groups in total. The van der Waals surface area contributed by atoms with Gasteiger partial charge in [0.1, 0.15) is 5.01 Å². The lowest BCUT2D eigenvalue weighted by molar-refractivity contribution is 0.643. The predicted molar refractivity (Wildman–Crippen MR) is 135 cm³/mol. The van der Waals surface area contributed by atoms with Crippen molar-refractivity contribution < 1.29 is 0 Å². The van der Waals surface area contributed by atoms with Crippen LogP contribution in [0.2, 0.25) is 0 Å². The number of hydrogen-bond donors (Lipinski definition) is 1. The van der Waals surface area contributed by atoms with E-state index in [0.29, 0.717) is 12.0 Å². The molecule has 2 aromatic carbocycles. The largest absolute Gasteiger partial charge is 0.308 e. The number of benzene rings is 2. The van der Waals surface area contributed by atoms with E-state index < -0.39 is 0 Å². The maximum absolute atomic E-state index is 4.73. The lowest BCUT2D eigenvalue weighted by atomic mass is 10.0. The second-order valence-electron chi connectivity index (χ2n) is 8.91. The van der Waals surface area contributed by atoms with E-state index in [9.17, 15) is 0 Å². The Morgan fingerprint density at radius 1 is 0.625 bits per heavy atom. The zero-order valence-electron chi connectivity index (χ0n) is 18.1. The number of nitrogens with zero attached hydrogens (tertiary/aromatic N) is 2. The van der Waals surface area contributed by atoms with E-state index in [1.165, 1.54) is 80.5 Å². The zero-order valence-corrected chi connectivity index (χ0v) is 19.7. The molecule has 162 valence electrons. The highest BCUT2D eigenvalue weighted by molar-refractivity contribution is 7.15. The molecule has 0 unspecified atom stereocenters. The van der Waals surface area contributed by atoms with Gasteiger partial charge in [-0.2, -0.15) is 0 Å². The first-order chi connectivity index (χ1) is 15.8. The molecular formula is C27H27N3S2. The third-order valence-corrected chi connectivity index (χ3v) is 9.15. The van der Waals surface area contributed by atoms with Crippen LogP contribution in [-0.4, -0.2) is 16.5 Å². The van der Waals surface area contributed by atoms with Gasteiger partial charge in [0.25, 0.3) is 0 Å². The Labute approximate surface area is 197 Å². The normalized spacial score (nSPS) is 19.1. The molecule has 2 fully saturated rings. The molecular weight excluding hydrogens is 430 g/mol. The lowest BCUT2D eigenvalue weighted by Gasteiger charge is -2.06. The molecule has 2 aliphatic rings. The van der Waals surface area contributed by atoms with Crippen molar-refractivity contribution in [3.8, 4) is 32.0 Å². The fourth-order valence-corrected chi connectivity index (χ4v) is 7.04. The van der Waals surface area contributed by atoms with Gasteiger partial charge in [-0.25, -0.2) is 9.97 Å². The lowest BCUT2D eigenvalue weighted by Crippen LogP contribution is -2.12. The number of thiazole rings is 2. The predicted octanol–water partition coefficient (Wildman–Crippen LogP) is 7.68. The van der Waals surface area contributed by atoms with Crippen LogP contribution in [0.5, 0.6) is 0 Å². The highest BCUT2D eigenvalue weighted by Crippen LogP contribution is 2.39.